The standard InChI is InChI=1S/C23H33N3O4.HI/c1-23(2,17-9-8-10-18(13-17)27-4)15-26-22(24-3)25-14-16-11-19(28-5)21(30-7)20(12-16)29-6;/h8-13H,14-15H2,1-7H3,(H2,24,25,26);1H. The molecule has 0 aliphatic heterocycles. The lowest BCUT2D eigenvalue weighted by Crippen LogP contribution is -2.43. The number of hydrogen-bond acceptors (Lipinski definition) is 5. The molecular weight excluding hydrogens is 509 g/mol. The predicted octanol–water partition coefficient (Wildman–Crippen LogP) is 3.98. The molecular formula is C23H34IN3O4. The van der Waals surface area contributed by atoms with E-state index in [1.165, 1.54) is 5.56 Å². The highest BCUT2D eigenvalue weighted by Gasteiger charge is 2.21. The number of ether oxygens (including phenoxy) is 4. The van der Waals surface area contributed by atoms with Gasteiger partial charge in [-0.1, -0.05) is 26.0 Å². The molecule has 7 nitrogen and oxygen atoms in total. The molecule has 0 atom stereocenters. The van der Waals surface area contributed by atoms with Gasteiger partial charge in [0.15, 0.2) is 17.5 Å². The highest BCUT2D eigenvalue weighted by Crippen LogP contribution is 2.38. The maximum absolute atomic E-state index is 5.42. The number of halogens is 1. The molecule has 0 bridgehead atoms. The molecule has 0 saturated carbocycles. The van der Waals surface area contributed by atoms with Crippen molar-refractivity contribution < 1.29 is 18.9 Å². The Labute approximate surface area is 202 Å². The summed E-state index contributed by atoms with van der Waals surface area (Å²) in [7, 11) is 8.24. The molecule has 0 aliphatic rings. The molecule has 0 amide bonds. The van der Waals surface area contributed by atoms with E-state index in [0.717, 1.165) is 11.3 Å². The zero-order valence-corrected chi connectivity index (χ0v) is 21.7. The number of guanidine groups is 1. The van der Waals surface area contributed by atoms with Gasteiger partial charge in [0, 0.05) is 25.6 Å². The van der Waals surface area contributed by atoms with Gasteiger partial charge in [-0.2, -0.15) is 0 Å². The van der Waals surface area contributed by atoms with Gasteiger partial charge in [-0.05, 0) is 35.4 Å². The van der Waals surface area contributed by atoms with Gasteiger partial charge in [0.25, 0.3) is 0 Å². The van der Waals surface area contributed by atoms with E-state index in [1.54, 1.807) is 35.5 Å². The first-order valence-corrected chi connectivity index (χ1v) is 9.76. The maximum Gasteiger partial charge on any atom is 0.203 e. The topological polar surface area (TPSA) is 73.3 Å². The molecule has 2 rings (SSSR count). The molecule has 0 aliphatic carbocycles. The van der Waals surface area contributed by atoms with Crippen LogP contribution in [0.4, 0.5) is 0 Å². The van der Waals surface area contributed by atoms with Crippen LogP contribution in [-0.2, 0) is 12.0 Å². The van der Waals surface area contributed by atoms with Crippen LogP contribution in [0.2, 0.25) is 0 Å². The number of methoxy groups -OCH3 is 4. The summed E-state index contributed by atoms with van der Waals surface area (Å²) in [6, 6.07) is 12.0. The average molecular weight is 543 g/mol. The van der Waals surface area contributed by atoms with Crippen LogP contribution >= 0.6 is 24.0 Å². The smallest absolute Gasteiger partial charge is 0.203 e. The number of nitrogens with zero attached hydrogens (tertiary/aromatic N) is 1. The Kier molecular flexibility index (Phi) is 10.7. The zero-order chi connectivity index (χ0) is 22.1. The lowest BCUT2D eigenvalue weighted by atomic mass is 9.84. The van der Waals surface area contributed by atoms with Crippen LogP contribution in [0.1, 0.15) is 25.0 Å². The fourth-order valence-electron chi connectivity index (χ4n) is 3.09. The Morgan fingerprint density at radius 3 is 2.06 bits per heavy atom. The lowest BCUT2D eigenvalue weighted by Gasteiger charge is -2.27. The van der Waals surface area contributed by atoms with E-state index in [1.807, 2.05) is 24.3 Å². The summed E-state index contributed by atoms with van der Waals surface area (Å²) in [6.07, 6.45) is 0. The van der Waals surface area contributed by atoms with Crippen molar-refractivity contribution in [3.8, 4) is 23.0 Å². The Balaban J connectivity index is 0.00000480. The molecule has 172 valence electrons. The van der Waals surface area contributed by atoms with Crippen LogP contribution in [0.3, 0.4) is 0 Å². The molecule has 0 heterocycles. The second-order valence-electron chi connectivity index (χ2n) is 7.43. The lowest BCUT2D eigenvalue weighted by molar-refractivity contribution is 0.323. The number of benzene rings is 2. The van der Waals surface area contributed by atoms with Gasteiger partial charge in [0.05, 0.1) is 28.4 Å². The molecule has 2 aromatic carbocycles. The highest BCUT2D eigenvalue weighted by atomic mass is 127. The third kappa shape index (κ3) is 7.09. The molecule has 2 N–H and O–H groups in total. The molecule has 0 radical (unpaired) electrons. The Hall–Kier alpha value is -2.36. The first-order valence-electron chi connectivity index (χ1n) is 9.76. The van der Waals surface area contributed by atoms with Gasteiger partial charge < -0.3 is 29.6 Å². The summed E-state index contributed by atoms with van der Waals surface area (Å²) in [5.74, 6) is 3.38. The van der Waals surface area contributed by atoms with Crippen molar-refractivity contribution in [1.29, 1.82) is 0 Å². The summed E-state index contributed by atoms with van der Waals surface area (Å²) in [5, 5.41) is 6.74. The van der Waals surface area contributed by atoms with E-state index in [0.29, 0.717) is 36.3 Å². The average Bonchev–Trinajstić information content (AvgIpc) is 2.78. The fourth-order valence-corrected chi connectivity index (χ4v) is 3.09. The Morgan fingerprint density at radius 1 is 0.903 bits per heavy atom. The third-order valence-electron chi connectivity index (χ3n) is 4.96. The van der Waals surface area contributed by atoms with Gasteiger partial charge >= 0.3 is 0 Å². The monoisotopic (exact) mass is 543 g/mol. The van der Waals surface area contributed by atoms with Gasteiger partial charge in [-0.3, -0.25) is 4.99 Å². The van der Waals surface area contributed by atoms with E-state index in [2.05, 4.69) is 41.6 Å². The van der Waals surface area contributed by atoms with Crippen LogP contribution < -0.4 is 29.6 Å². The minimum absolute atomic E-state index is 0. The van der Waals surface area contributed by atoms with Crippen LogP contribution in [0.25, 0.3) is 0 Å². The SMILES string of the molecule is CN=C(NCc1cc(OC)c(OC)c(OC)c1)NCC(C)(C)c1cccc(OC)c1.I. The minimum Gasteiger partial charge on any atom is -0.497 e. The van der Waals surface area contributed by atoms with Crippen molar-refractivity contribution in [1.82, 2.24) is 10.6 Å². The molecule has 0 unspecified atom stereocenters. The van der Waals surface area contributed by atoms with E-state index in [-0.39, 0.29) is 29.4 Å². The number of aliphatic imine (C=N–C) groups is 1. The Bertz CT molecular complexity index is 847. The quantitative estimate of drug-likeness (QED) is 0.283. The summed E-state index contributed by atoms with van der Waals surface area (Å²) >= 11 is 0. The largest absolute Gasteiger partial charge is 0.497 e. The fraction of sp³-hybridized carbons (Fsp3) is 0.435. The van der Waals surface area contributed by atoms with Crippen LogP contribution in [0.5, 0.6) is 23.0 Å². The first kappa shape index (κ1) is 26.7. The number of nitrogens with one attached hydrogen (secondary N) is 2. The molecule has 0 fully saturated rings. The van der Waals surface area contributed by atoms with Gasteiger partial charge in [-0.25, -0.2) is 0 Å². The van der Waals surface area contributed by atoms with E-state index in [9.17, 15) is 0 Å². The second-order valence-corrected chi connectivity index (χ2v) is 7.43. The van der Waals surface area contributed by atoms with Crippen LogP contribution in [0.15, 0.2) is 41.4 Å². The van der Waals surface area contributed by atoms with E-state index in [4.69, 9.17) is 18.9 Å². The van der Waals surface area contributed by atoms with Crippen LogP contribution in [-0.4, -0.2) is 48.0 Å². The molecule has 31 heavy (non-hydrogen) atoms. The van der Waals surface area contributed by atoms with Crippen molar-refractivity contribution in [2.45, 2.75) is 25.8 Å². The summed E-state index contributed by atoms with van der Waals surface area (Å²) in [5.41, 5.74) is 2.06. The summed E-state index contributed by atoms with van der Waals surface area (Å²) < 4.78 is 21.6. The normalized spacial score (nSPS) is 11.3. The molecule has 0 spiro atoms. The molecule has 2 aromatic rings. The summed E-state index contributed by atoms with van der Waals surface area (Å²) in [4.78, 5) is 4.34. The minimum atomic E-state index is -0.112. The van der Waals surface area contributed by atoms with Crippen molar-refractivity contribution in [2.75, 3.05) is 42.0 Å². The van der Waals surface area contributed by atoms with Crippen molar-refractivity contribution in [3.63, 3.8) is 0 Å². The van der Waals surface area contributed by atoms with E-state index >= 15 is 0 Å². The van der Waals surface area contributed by atoms with Gasteiger partial charge in [0.2, 0.25) is 5.75 Å². The molecule has 8 heteroatoms. The van der Waals surface area contributed by atoms with Gasteiger partial charge in [-0.15, -0.1) is 24.0 Å². The van der Waals surface area contributed by atoms with Crippen LogP contribution in [0, 0.1) is 0 Å². The second kappa shape index (κ2) is 12.5. The summed E-state index contributed by atoms with van der Waals surface area (Å²) in [6.45, 7) is 5.62. The Morgan fingerprint density at radius 2 is 1.55 bits per heavy atom. The predicted molar refractivity (Wildman–Crippen MR) is 136 cm³/mol. The third-order valence-corrected chi connectivity index (χ3v) is 4.96. The number of rotatable bonds is 9. The van der Waals surface area contributed by atoms with Crippen molar-refractivity contribution in [3.05, 3.63) is 47.5 Å². The first-order chi connectivity index (χ1) is 14.4. The van der Waals surface area contributed by atoms with Crippen molar-refractivity contribution in [2.24, 2.45) is 4.99 Å². The number of hydrogen-bond donors (Lipinski definition) is 2. The molecule has 0 saturated heterocycles. The van der Waals surface area contributed by atoms with Crippen molar-refractivity contribution >= 4 is 29.9 Å². The van der Waals surface area contributed by atoms with Gasteiger partial charge in [0.1, 0.15) is 5.75 Å². The zero-order valence-electron chi connectivity index (χ0n) is 19.4. The highest BCUT2D eigenvalue weighted by molar-refractivity contribution is 14.0. The maximum atomic E-state index is 5.42. The van der Waals surface area contributed by atoms with E-state index < -0.39 is 0 Å². The molecule has 0 aromatic heterocycles.